The molecular formula is C65H126O17P2. The van der Waals surface area contributed by atoms with E-state index < -0.39 is 97.5 Å². The van der Waals surface area contributed by atoms with E-state index in [4.69, 9.17) is 37.0 Å². The van der Waals surface area contributed by atoms with Crippen LogP contribution in [0.1, 0.15) is 336 Å². The van der Waals surface area contributed by atoms with Crippen LogP contribution in [0.25, 0.3) is 0 Å². The van der Waals surface area contributed by atoms with Gasteiger partial charge in [0, 0.05) is 25.7 Å². The van der Waals surface area contributed by atoms with Crippen molar-refractivity contribution in [1.82, 2.24) is 0 Å². The second kappa shape index (κ2) is 60.0. The van der Waals surface area contributed by atoms with Crippen LogP contribution >= 0.6 is 15.6 Å². The smallest absolute Gasteiger partial charge is 0.462 e. The van der Waals surface area contributed by atoms with E-state index in [0.29, 0.717) is 25.7 Å². The van der Waals surface area contributed by atoms with Crippen LogP contribution in [0.4, 0.5) is 0 Å². The molecule has 0 amide bonds. The minimum atomic E-state index is -4.94. The molecule has 0 saturated heterocycles. The molecule has 498 valence electrons. The van der Waals surface area contributed by atoms with Crippen LogP contribution in [0.15, 0.2) is 0 Å². The van der Waals surface area contributed by atoms with E-state index in [-0.39, 0.29) is 25.7 Å². The zero-order valence-electron chi connectivity index (χ0n) is 53.9. The number of rotatable bonds is 66. The fourth-order valence-electron chi connectivity index (χ4n) is 9.81. The zero-order valence-corrected chi connectivity index (χ0v) is 55.7. The van der Waals surface area contributed by atoms with Crippen molar-refractivity contribution < 1.29 is 80.2 Å². The lowest BCUT2D eigenvalue weighted by molar-refractivity contribution is -0.161. The molecule has 0 bridgehead atoms. The number of hydrogen-bond donors (Lipinski definition) is 3. The Labute approximate surface area is 511 Å². The number of aliphatic hydroxyl groups is 1. The molecule has 3 N–H and O–H groups in total. The third kappa shape index (κ3) is 59.0. The topological polar surface area (TPSA) is 237 Å². The minimum Gasteiger partial charge on any atom is -0.462 e. The summed E-state index contributed by atoms with van der Waals surface area (Å²) in [5, 5.41) is 10.5. The first-order valence-corrected chi connectivity index (χ1v) is 37.3. The van der Waals surface area contributed by atoms with Crippen molar-refractivity contribution in [3.63, 3.8) is 0 Å². The monoisotopic (exact) mass is 1240 g/mol. The van der Waals surface area contributed by atoms with Crippen LogP contribution in [-0.2, 0) is 65.4 Å². The zero-order chi connectivity index (χ0) is 61.9. The number of unbranched alkanes of at least 4 members (excludes halogenated alkanes) is 40. The first-order chi connectivity index (χ1) is 40.7. The highest BCUT2D eigenvalue weighted by Gasteiger charge is 2.30. The lowest BCUT2D eigenvalue weighted by Crippen LogP contribution is -2.30. The molecule has 0 aliphatic carbocycles. The third-order valence-corrected chi connectivity index (χ3v) is 17.0. The second-order valence-electron chi connectivity index (χ2n) is 23.5. The molecule has 84 heavy (non-hydrogen) atoms. The number of carbonyl (C=O) groups is 4. The molecule has 19 heteroatoms. The van der Waals surface area contributed by atoms with Gasteiger partial charge < -0.3 is 33.8 Å². The Hall–Kier alpha value is -1.94. The van der Waals surface area contributed by atoms with Crippen LogP contribution in [0.5, 0.6) is 0 Å². The van der Waals surface area contributed by atoms with Gasteiger partial charge in [0.15, 0.2) is 12.2 Å². The van der Waals surface area contributed by atoms with Crippen molar-refractivity contribution in [3.8, 4) is 0 Å². The SMILES string of the molecule is CCCCCCCCCCCCCCCCCCCCCCCCC(=O)O[C@H](COC(=O)CCCCCCCCCC)COP(=O)(O)OC[C@@H](O)COP(=O)(O)OC[C@@H](COC(=O)CCCCCCCCC)OC(=O)CCCCCCCCC. The maximum Gasteiger partial charge on any atom is 0.472 e. The molecule has 0 saturated carbocycles. The molecule has 2 unspecified atom stereocenters. The van der Waals surface area contributed by atoms with Gasteiger partial charge in [0.25, 0.3) is 0 Å². The lowest BCUT2D eigenvalue weighted by atomic mass is 10.0. The van der Waals surface area contributed by atoms with E-state index in [1.54, 1.807) is 0 Å². The molecule has 0 aliphatic heterocycles. The predicted octanol–water partition coefficient (Wildman–Crippen LogP) is 18.3. The summed E-state index contributed by atoms with van der Waals surface area (Å²) in [6, 6.07) is 0. The van der Waals surface area contributed by atoms with Gasteiger partial charge in [-0.15, -0.1) is 0 Å². The summed E-state index contributed by atoms with van der Waals surface area (Å²) in [7, 11) is -9.87. The summed E-state index contributed by atoms with van der Waals surface area (Å²) in [6.45, 7) is 4.78. The average Bonchev–Trinajstić information content (AvgIpc) is 3.48. The Kier molecular flexibility index (Phi) is 58.6. The van der Waals surface area contributed by atoms with Crippen molar-refractivity contribution in [3.05, 3.63) is 0 Å². The Morgan fingerprint density at radius 1 is 0.286 bits per heavy atom. The van der Waals surface area contributed by atoms with Crippen molar-refractivity contribution >= 4 is 39.5 Å². The van der Waals surface area contributed by atoms with Crippen LogP contribution in [-0.4, -0.2) is 96.7 Å². The molecule has 0 aromatic rings. The standard InChI is InChI=1S/C65H126O17P2/c1-5-9-13-17-21-23-24-25-26-27-28-29-30-31-32-33-34-35-36-40-44-48-52-65(70)82-61(56-76-63(68)50-46-42-39-22-18-14-10-6-2)58-80-84(73,74)78-54-59(66)53-77-83(71,72)79-57-60(81-64(69)51-47-43-38-20-16-12-8-4)55-75-62(67)49-45-41-37-19-15-11-7-3/h59-61,66H,5-58H2,1-4H3,(H,71,72)(H,73,74)/t59-,60+,61+/m0/s1. The van der Waals surface area contributed by atoms with E-state index in [0.717, 1.165) is 122 Å². The van der Waals surface area contributed by atoms with Crippen LogP contribution in [0.2, 0.25) is 0 Å². The van der Waals surface area contributed by atoms with E-state index in [1.807, 2.05) is 0 Å². The maximum absolute atomic E-state index is 13.0. The van der Waals surface area contributed by atoms with Gasteiger partial charge in [0.2, 0.25) is 0 Å². The van der Waals surface area contributed by atoms with Crippen molar-refractivity contribution in [1.29, 1.82) is 0 Å². The highest BCUT2D eigenvalue weighted by Crippen LogP contribution is 2.45. The molecule has 5 atom stereocenters. The molecule has 0 heterocycles. The second-order valence-corrected chi connectivity index (χ2v) is 26.4. The number of carbonyl (C=O) groups excluding carboxylic acids is 4. The average molecular weight is 1240 g/mol. The number of esters is 4. The number of ether oxygens (including phenoxy) is 4. The molecule has 0 aromatic heterocycles. The Bertz CT molecular complexity index is 1620. The summed E-state index contributed by atoms with van der Waals surface area (Å²) < 4.78 is 67.7. The first-order valence-electron chi connectivity index (χ1n) is 34.3. The molecular weight excluding hydrogens is 1110 g/mol. The highest BCUT2D eigenvalue weighted by molar-refractivity contribution is 7.47. The van der Waals surface area contributed by atoms with Gasteiger partial charge in [0.05, 0.1) is 26.4 Å². The van der Waals surface area contributed by atoms with E-state index in [9.17, 15) is 43.2 Å². The summed E-state index contributed by atoms with van der Waals surface area (Å²) >= 11 is 0. The van der Waals surface area contributed by atoms with E-state index in [2.05, 4.69) is 27.7 Å². The predicted molar refractivity (Wildman–Crippen MR) is 335 cm³/mol. The first kappa shape index (κ1) is 82.1. The Morgan fingerprint density at radius 2 is 0.476 bits per heavy atom. The molecule has 17 nitrogen and oxygen atoms in total. The highest BCUT2D eigenvalue weighted by atomic mass is 31.2. The quantitative estimate of drug-likeness (QED) is 0.0222. The van der Waals surface area contributed by atoms with Gasteiger partial charge in [-0.25, -0.2) is 9.13 Å². The van der Waals surface area contributed by atoms with Gasteiger partial charge in [0.1, 0.15) is 19.3 Å². The van der Waals surface area contributed by atoms with Crippen LogP contribution in [0.3, 0.4) is 0 Å². The Morgan fingerprint density at radius 3 is 0.702 bits per heavy atom. The number of phosphoric ester groups is 2. The summed E-state index contributed by atoms with van der Waals surface area (Å²) in [6.07, 6.45) is 46.4. The molecule has 0 spiro atoms. The van der Waals surface area contributed by atoms with Crippen molar-refractivity contribution in [2.45, 2.75) is 354 Å². The lowest BCUT2D eigenvalue weighted by Gasteiger charge is -2.21. The summed E-state index contributed by atoms with van der Waals surface area (Å²) in [5.41, 5.74) is 0. The van der Waals surface area contributed by atoms with Gasteiger partial charge in [-0.2, -0.15) is 0 Å². The van der Waals surface area contributed by atoms with Gasteiger partial charge >= 0.3 is 39.5 Å². The molecule has 0 rings (SSSR count). The minimum absolute atomic E-state index is 0.104. The van der Waals surface area contributed by atoms with Gasteiger partial charge in [-0.3, -0.25) is 37.3 Å². The molecule has 0 fully saturated rings. The van der Waals surface area contributed by atoms with Crippen LogP contribution in [0, 0.1) is 0 Å². The number of aliphatic hydroxyl groups excluding tert-OH is 1. The number of hydrogen-bond acceptors (Lipinski definition) is 15. The molecule has 0 aliphatic rings. The van der Waals surface area contributed by atoms with E-state index in [1.165, 1.54) is 135 Å². The normalized spacial score (nSPS) is 14.1. The van der Waals surface area contributed by atoms with Crippen LogP contribution < -0.4 is 0 Å². The number of phosphoric acid groups is 2. The summed E-state index contributed by atoms with van der Waals surface area (Å²) in [4.78, 5) is 71.8. The third-order valence-electron chi connectivity index (χ3n) is 15.1. The van der Waals surface area contributed by atoms with Crippen molar-refractivity contribution in [2.24, 2.45) is 0 Å². The van der Waals surface area contributed by atoms with Gasteiger partial charge in [-0.05, 0) is 25.7 Å². The fourth-order valence-corrected chi connectivity index (χ4v) is 11.4. The van der Waals surface area contributed by atoms with E-state index >= 15 is 0 Å². The summed E-state index contributed by atoms with van der Waals surface area (Å²) in [5.74, 6) is -2.14. The van der Waals surface area contributed by atoms with Gasteiger partial charge in [-0.1, -0.05) is 285 Å². The largest absolute Gasteiger partial charge is 0.472 e. The molecule has 0 radical (unpaired) electrons. The van der Waals surface area contributed by atoms with Crippen molar-refractivity contribution in [2.75, 3.05) is 39.6 Å². The Balaban J connectivity index is 5.01. The maximum atomic E-state index is 13.0. The molecule has 0 aromatic carbocycles. The fraction of sp³-hybridized carbons (Fsp3) is 0.938.